The molecule has 0 fully saturated rings. The molecule has 0 saturated carbocycles. The first-order valence-corrected chi connectivity index (χ1v) is 7.15. The second-order valence-electron chi connectivity index (χ2n) is 4.76. The Morgan fingerprint density at radius 2 is 1.81 bits per heavy atom. The third kappa shape index (κ3) is 3.33. The van der Waals surface area contributed by atoms with Gasteiger partial charge in [0.25, 0.3) is 0 Å². The summed E-state index contributed by atoms with van der Waals surface area (Å²) in [5, 5.41) is 11.1. The van der Waals surface area contributed by atoms with Gasteiger partial charge in [0.2, 0.25) is 5.96 Å². The smallest absolute Gasteiger partial charge is 0.226 e. The molecule has 0 spiro atoms. The highest BCUT2D eigenvalue weighted by molar-refractivity contribution is 9.10. The molecule has 0 bridgehead atoms. The van der Waals surface area contributed by atoms with Gasteiger partial charge in [-0.3, -0.25) is 9.98 Å². The van der Waals surface area contributed by atoms with E-state index in [1.165, 1.54) is 0 Å². The molecular weight excluding hydrogens is 332 g/mol. The lowest BCUT2D eigenvalue weighted by Crippen LogP contribution is -2.13. The highest BCUT2D eigenvalue weighted by atomic mass is 79.9. The first-order valence-electron chi connectivity index (χ1n) is 6.36. The van der Waals surface area contributed by atoms with Crippen molar-refractivity contribution in [2.45, 2.75) is 20.8 Å². The Hall–Kier alpha value is -2.08. The quantitative estimate of drug-likeness (QED) is 0.483. The molecule has 5 nitrogen and oxygen atoms in total. The molecule has 0 unspecified atom stereocenters. The van der Waals surface area contributed by atoms with Crippen LogP contribution in [0.3, 0.4) is 0 Å². The van der Waals surface area contributed by atoms with Crippen LogP contribution < -0.4 is 0 Å². The molecule has 1 N–H and O–H groups in total. The van der Waals surface area contributed by atoms with E-state index in [0.717, 1.165) is 21.4 Å². The Bertz CT molecular complexity index is 727. The van der Waals surface area contributed by atoms with Crippen LogP contribution in [0.15, 0.2) is 45.0 Å². The van der Waals surface area contributed by atoms with Crippen LogP contribution in [0.4, 0.5) is 5.69 Å². The molecule has 108 valence electrons. The summed E-state index contributed by atoms with van der Waals surface area (Å²) in [5.74, 6) is 0.146. The molecule has 0 amide bonds. The lowest BCUT2D eigenvalue weighted by atomic mass is 10.1. The van der Waals surface area contributed by atoms with Gasteiger partial charge in [0.05, 0.1) is 0 Å². The minimum atomic E-state index is 0.146. The van der Waals surface area contributed by atoms with Crippen molar-refractivity contribution in [2.24, 2.45) is 10.2 Å². The molecule has 1 aromatic heterocycles. The Morgan fingerprint density at radius 3 is 2.38 bits per heavy atom. The molecule has 21 heavy (non-hydrogen) atoms. The van der Waals surface area contributed by atoms with Crippen molar-refractivity contribution in [1.29, 1.82) is 5.41 Å². The van der Waals surface area contributed by atoms with Gasteiger partial charge in [-0.05, 0) is 61.8 Å². The second kappa shape index (κ2) is 6.13. The van der Waals surface area contributed by atoms with Gasteiger partial charge in [0.1, 0.15) is 5.69 Å². The largest absolute Gasteiger partial charge is 0.288 e. The standard InChI is InChI=1S/C15H15BrN4O/c1-9-4-5-10(2)20(9)15(17)18-11(3)12-6-13(16)8-14(7-12)19-21/h4-8,17H,1-3H3/b17-15?,18-11-. The molecule has 2 rings (SSSR count). The van der Waals surface area contributed by atoms with Crippen LogP contribution in [0.2, 0.25) is 0 Å². The van der Waals surface area contributed by atoms with Gasteiger partial charge < -0.3 is 0 Å². The van der Waals surface area contributed by atoms with Crippen molar-refractivity contribution < 1.29 is 0 Å². The summed E-state index contributed by atoms with van der Waals surface area (Å²) in [4.78, 5) is 15.0. The molecule has 0 radical (unpaired) electrons. The van der Waals surface area contributed by atoms with E-state index in [4.69, 9.17) is 5.41 Å². The van der Waals surface area contributed by atoms with Crippen LogP contribution in [0.5, 0.6) is 0 Å². The number of nitrogens with zero attached hydrogens (tertiary/aromatic N) is 3. The number of rotatable bonds is 2. The number of nitroso groups, excluding NO2 is 1. The molecule has 0 aliphatic rings. The van der Waals surface area contributed by atoms with Crippen LogP contribution >= 0.6 is 15.9 Å². The van der Waals surface area contributed by atoms with Gasteiger partial charge in [-0.2, -0.15) is 0 Å². The zero-order valence-electron chi connectivity index (χ0n) is 12.0. The molecule has 0 atom stereocenters. The number of hydrogen-bond donors (Lipinski definition) is 1. The summed E-state index contributed by atoms with van der Waals surface area (Å²) in [6, 6.07) is 9.02. The van der Waals surface area contributed by atoms with E-state index in [1.54, 1.807) is 23.6 Å². The monoisotopic (exact) mass is 346 g/mol. The Morgan fingerprint density at radius 1 is 1.19 bits per heavy atom. The maximum absolute atomic E-state index is 10.7. The third-order valence-electron chi connectivity index (χ3n) is 3.16. The average Bonchev–Trinajstić information content (AvgIpc) is 2.77. The third-order valence-corrected chi connectivity index (χ3v) is 3.62. The summed E-state index contributed by atoms with van der Waals surface area (Å²) in [6.45, 7) is 5.67. The van der Waals surface area contributed by atoms with E-state index in [0.29, 0.717) is 11.4 Å². The molecule has 6 heteroatoms. The van der Waals surface area contributed by atoms with E-state index >= 15 is 0 Å². The molecule has 0 saturated heterocycles. The highest BCUT2D eigenvalue weighted by Gasteiger charge is 2.08. The van der Waals surface area contributed by atoms with E-state index in [9.17, 15) is 4.91 Å². The lowest BCUT2D eigenvalue weighted by Gasteiger charge is -2.08. The van der Waals surface area contributed by atoms with Gasteiger partial charge in [-0.25, -0.2) is 4.99 Å². The van der Waals surface area contributed by atoms with Crippen LogP contribution in [0, 0.1) is 24.2 Å². The first kappa shape index (κ1) is 15.3. The SMILES string of the molecule is C/C(=N/C(=N)n1c(C)ccc1C)c1cc(Br)cc(N=O)c1. The number of halogens is 1. The maximum Gasteiger partial charge on any atom is 0.226 e. The summed E-state index contributed by atoms with van der Waals surface area (Å²) in [6.07, 6.45) is 0. The van der Waals surface area contributed by atoms with Gasteiger partial charge in [-0.15, -0.1) is 4.91 Å². The number of benzene rings is 1. The number of aromatic nitrogens is 1. The molecule has 0 aliphatic heterocycles. The minimum Gasteiger partial charge on any atom is -0.288 e. The van der Waals surface area contributed by atoms with E-state index in [-0.39, 0.29) is 5.96 Å². The Balaban J connectivity index is 2.39. The maximum atomic E-state index is 10.7. The van der Waals surface area contributed by atoms with Crippen molar-refractivity contribution in [2.75, 3.05) is 0 Å². The number of aliphatic imine (C=N–C) groups is 1. The molecule has 2 aromatic rings. The number of hydrogen-bond acceptors (Lipinski definition) is 3. The predicted molar refractivity (Wildman–Crippen MR) is 88.8 cm³/mol. The van der Waals surface area contributed by atoms with E-state index in [1.807, 2.05) is 32.0 Å². The number of nitrogens with one attached hydrogen (secondary N) is 1. The van der Waals surface area contributed by atoms with Gasteiger partial charge in [-0.1, -0.05) is 15.9 Å². The second-order valence-corrected chi connectivity index (χ2v) is 5.68. The van der Waals surface area contributed by atoms with E-state index < -0.39 is 0 Å². The van der Waals surface area contributed by atoms with Gasteiger partial charge in [0.15, 0.2) is 0 Å². The summed E-state index contributed by atoms with van der Waals surface area (Å²) >= 11 is 3.34. The van der Waals surface area contributed by atoms with Crippen molar-refractivity contribution in [1.82, 2.24) is 4.57 Å². The van der Waals surface area contributed by atoms with Gasteiger partial charge >= 0.3 is 0 Å². The van der Waals surface area contributed by atoms with Crippen molar-refractivity contribution in [3.05, 3.63) is 56.7 Å². The Labute approximate surface area is 131 Å². The molecule has 0 aliphatic carbocycles. The van der Waals surface area contributed by atoms with Crippen molar-refractivity contribution in [3.63, 3.8) is 0 Å². The summed E-state index contributed by atoms with van der Waals surface area (Å²) in [7, 11) is 0. The highest BCUT2D eigenvalue weighted by Crippen LogP contribution is 2.22. The Kier molecular flexibility index (Phi) is 4.47. The van der Waals surface area contributed by atoms with Crippen molar-refractivity contribution >= 4 is 33.3 Å². The van der Waals surface area contributed by atoms with Crippen LogP contribution in [-0.4, -0.2) is 16.2 Å². The summed E-state index contributed by atoms with van der Waals surface area (Å²) < 4.78 is 2.52. The fourth-order valence-corrected chi connectivity index (χ4v) is 2.59. The summed E-state index contributed by atoms with van der Waals surface area (Å²) in [5.41, 5.74) is 3.65. The molecular formula is C15H15BrN4O. The van der Waals surface area contributed by atoms with Crippen molar-refractivity contribution in [3.8, 4) is 0 Å². The zero-order chi connectivity index (χ0) is 15.6. The van der Waals surface area contributed by atoms with Crippen LogP contribution in [0.1, 0.15) is 23.9 Å². The fourth-order valence-electron chi connectivity index (χ4n) is 2.11. The van der Waals surface area contributed by atoms with Crippen LogP contribution in [-0.2, 0) is 0 Å². The number of aryl methyl sites for hydroxylation is 2. The fraction of sp³-hybridized carbons (Fsp3) is 0.200. The lowest BCUT2D eigenvalue weighted by molar-refractivity contribution is 0.994. The average molecular weight is 347 g/mol. The van der Waals surface area contributed by atoms with Gasteiger partial charge in [0, 0.05) is 21.6 Å². The minimum absolute atomic E-state index is 0.146. The molecule has 1 aromatic carbocycles. The first-order chi connectivity index (χ1) is 9.92. The normalized spacial score (nSPS) is 11.5. The molecule has 1 heterocycles. The predicted octanol–water partition coefficient (Wildman–Crippen LogP) is 4.56. The topological polar surface area (TPSA) is 70.6 Å². The van der Waals surface area contributed by atoms with Crippen LogP contribution in [0.25, 0.3) is 0 Å². The zero-order valence-corrected chi connectivity index (χ0v) is 13.6. The van der Waals surface area contributed by atoms with E-state index in [2.05, 4.69) is 26.1 Å².